The van der Waals surface area contributed by atoms with Crippen LogP contribution in [-0.4, -0.2) is 45.8 Å². The number of piperidine rings is 1. The predicted octanol–water partition coefficient (Wildman–Crippen LogP) is 4.35. The van der Waals surface area contributed by atoms with Crippen molar-refractivity contribution in [1.29, 1.82) is 0 Å². The number of hydrogen-bond donors (Lipinski definition) is 2. The summed E-state index contributed by atoms with van der Waals surface area (Å²) in [5.41, 5.74) is 5.79. The van der Waals surface area contributed by atoms with Gasteiger partial charge in [-0.15, -0.1) is 24.0 Å². The highest BCUT2D eigenvalue weighted by Crippen LogP contribution is 2.14. The third-order valence-corrected chi connectivity index (χ3v) is 6.06. The van der Waals surface area contributed by atoms with Crippen molar-refractivity contribution in [2.45, 2.75) is 52.7 Å². The smallest absolute Gasteiger partial charge is 0.191 e. The molecule has 3 heterocycles. The first-order chi connectivity index (χ1) is 16.1. The van der Waals surface area contributed by atoms with Gasteiger partial charge in [0, 0.05) is 38.6 Å². The van der Waals surface area contributed by atoms with Crippen molar-refractivity contribution >= 4 is 29.9 Å². The minimum atomic E-state index is 0. The Morgan fingerprint density at radius 2 is 1.56 bits per heavy atom. The molecule has 1 aromatic carbocycles. The Bertz CT molecular complexity index is 1050. The van der Waals surface area contributed by atoms with Gasteiger partial charge in [-0.1, -0.05) is 36.8 Å². The van der Waals surface area contributed by atoms with Crippen LogP contribution in [0, 0.1) is 13.8 Å². The average Bonchev–Trinajstić information content (AvgIpc) is 3.19. The molecule has 0 aliphatic carbocycles. The van der Waals surface area contributed by atoms with Crippen molar-refractivity contribution in [3.63, 3.8) is 0 Å². The van der Waals surface area contributed by atoms with Crippen LogP contribution in [0.3, 0.4) is 0 Å². The van der Waals surface area contributed by atoms with Crippen molar-refractivity contribution in [1.82, 2.24) is 30.3 Å². The summed E-state index contributed by atoms with van der Waals surface area (Å²) >= 11 is 0. The first kappa shape index (κ1) is 26.2. The van der Waals surface area contributed by atoms with Gasteiger partial charge in [0.05, 0.1) is 5.69 Å². The van der Waals surface area contributed by atoms with Gasteiger partial charge < -0.3 is 10.6 Å². The van der Waals surface area contributed by atoms with Crippen LogP contribution in [0.2, 0.25) is 0 Å². The zero-order valence-electron chi connectivity index (χ0n) is 20.4. The van der Waals surface area contributed by atoms with Gasteiger partial charge in [-0.3, -0.25) is 9.89 Å². The first-order valence-electron chi connectivity index (χ1n) is 11.8. The Kier molecular flexibility index (Phi) is 9.88. The molecule has 2 aromatic heterocycles. The van der Waals surface area contributed by atoms with E-state index in [9.17, 15) is 0 Å². The third kappa shape index (κ3) is 7.27. The van der Waals surface area contributed by atoms with Crippen molar-refractivity contribution in [2.24, 2.45) is 4.99 Å². The van der Waals surface area contributed by atoms with E-state index in [-0.39, 0.29) is 24.0 Å². The van der Waals surface area contributed by atoms with Gasteiger partial charge in [-0.25, -0.2) is 9.67 Å². The van der Waals surface area contributed by atoms with Gasteiger partial charge in [0.25, 0.3) is 0 Å². The molecule has 0 amide bonds. The fraction of sp³-hybridized carbons (Fsp3) is 0.423. The highest BCUT2D eigenvalue weighted by atomic mass is 127. The Morgan fingerprint density at radius 1 is 0.912 bits per heavy atom. The molecule has 1 fully saturated rings. The Hall–Kier alpha value is -2.46. The average molecular weight is 574 g/mol. The molecule has 4 rings (SSSR count). The van der Waals surface area contributed by atoms with E-state index in [1.807, 2.05) is 30.8 Å². The van der Waals surface area contributed by atoms with Gasteiger partial charge >= 0.3 is 0 Å². The summed E-state index contributed by atoms with van der Waals surface area (Å²) in [7, 11) is 1.79. The predicted molar refractivity (Wildman–Crippen MR) is 149 cm³/mol. The van der Waals surface area contributed by atoms with Crippen LogP contribution in [0.5, 0.6) is 0 Å². The molecular formula is C26H36IN7. The maximum atomic E-state index is 4.57. The highest BCUT2D eigenvalue weighted by Gasteiger charge is 2.10. The second-order valence-electron chi connectivity index (χ2n) is 8.80. The lowest BCUT2D eigenvalue weighted by molar-refractivity contribution is 0.221. The molecule has 0 atom stereocenters. The molecule has 1 saturated heterocycles. The number of nitrogens with zero attached hydrogens (tertiary/aromatic N) is 5. The van der Waals surface area contributed by atoms with Crippen LogP contribution in [0.1, 0.15) is 47.3 Å². The monoisotopic (exact) mass is 573 g/mol. The van der Waals surface area contributed by atoms with E-state index in [0.29, 0.717) is 6.54 Å². The van der Waals surface area contributed by atoms with Crippen LogP contribution < -0.4 is 10.6 Å². The normalized spacial score (nSPS) is 14.5. The number of aryl methyl sites for hydroxylation is 2. The zero-order chi connectivity index (χ0) is 23.0. The highest BCUT2D eigenvalue weighted by molar-refractivity contribution is 14.0. The standard InChI is InChI=1S/C26H35N7.HI/c1-20-15-21(2)33(31-20)25-12-11-24(17-28-25)18-30-26(27-3)29-16-22-7-9-23(10-8-22)19-32-13-5-4-6-14-32;/h7-12,15,17H,4-6,13-14,16,18-19H2,1-3H3,(H2,27,29,30);1H. The van der Waals surface area contributed by atoms with Gasteiger partial charge in [-0.05, 0) is 68.6 Å². The number of pyridine rings is 1. The summed E-state index contributed by atoms with van der Waals surface area (Å²) in [6.45, 7) is 8.93. The molecule has 34 heavy (non-hydrogen) atoms. The van der Waals surface area contributed by atoms with Crippen molar-refractivity contribution in [2.75, 3.05) is 20.1 Å². The summed E-state index contributed by atoms with van der Waals surface area (Å²) in [5, 5.41) is 11.3. The number of likely N-dealkylation sites (tertiary alicyclic amines) is 1. The molecule has 0 saturated carbocycles. The molecule has 0 unspecified atom stereocenters. The molecule has 8 heteroatoms. The van der Waals surface area contributed by atoms with E-state index >= 15 is 0 Å². The van der Waals surface area contributed by atoms with Gasteiger partial charge in [0.2, 0.25) is 0 Å². The Balaban J connectivity index is 0.00000324. The number of hydrogen-bond acceptors (Lipinski definition) is 4. The summed E-state index contributed by atoms with van der Waals surface area (Å²) in [5.74, 6) is 1.60. The van der Waals surface area contributed by atoms with Crippen molar-refractivity contribution < 1.29 is 0 Å². The minimum absolute atomic E-state index is 0. The molecule has 182 valence electrons. The van der Waals surface area contributed by atoms with E-state index in [1.165, 1.54) is 43.5 Å². The topological polar surface area (TPSA) is 70.4 Å². The SMILES string of the molecule is CN=C(NCc1ccc(CN2CCCCC2)cc1)NCc1ccc(-n2nc(C)cc2C)nc1.I. The second kappa shape index (κ2) is 12.9. The number of aromatic nitrogens is 3. The van der Waals surface area contributed by atoms with Crippen molar-refractivity contribution in [3.8, 4) is 5.82 Å². The van der Waals surface area contributed by atoms with E-state index in [2.05, 4.69) is 67.0 Å². The molecule has 1 aliphatic rings. The lowest BCUT2D eigenvalue weighted by Crippen LogP contribution is -2.36. The third-order valence-electron chi connectivity index (χ3n) is 6.06. The van der Waals surface area contributed by atoms with Crippen molar-refractivity contribution in [3.05, 3.63) is 76.7 Å². The summed E-state index contributed by atoms with van der Waals surface area (Å²) < 4.78 is 1.87. The zero-order valence-corrected chi connectivity index (χ0v) is 22.8. The van der Waals surface area contributed by atoms with Crippen LogP contribution in [0.4, 0.5) is 0 Å². The molecule has 7 nitrogen and oxygen atoms in total. The van der Waals surface area contributed by atoms with E-state index in [1.54, 1.807) is 7.05 Å². The number of nitrogens with one attached hydrogen (secondary N) is 2. The first-order valence-corrected chi connectivity index (χ1v) is 11.8. The summed E-state index contributed by atoms with van der Waals surface area (Å²) in [4.78, 5) is 11.5. The van der Waals surface area contributed by atoms with Crippen LogP contribution in [-0.2, 0) is 19.6 Å². The van der Waals surface area contributed by atoms with Gasteiger partial charge in [0.1, 0.15) is 0 Å². The fourth-order valence-electron chi connectivity index (χ4n) is 4.24. The molecule has 0 radical (unpaired) electrons. The Morgan fingerprint density at radius 3 is 2.15 bits per heavy atom. The van der Waals surface area contributed by atoms with Crippen LogP contribution in [0.25, 0.3) is 5.82 Å². The van der Waals surface area contributed by atoms with Gasteiger partial charge in [-0.2, -0.15) is 5.10 Å². The van der Waals surface area contributed by atoms with Crippen LogP contribution >= 0.6 is 24.0 Å². The molecule has 2 N–H and O–H groups in total. The summed E-state index contributed by atoms with van der Waals surface area (Å²) in [6.07, 6.45) is 5.92. The van der Waals surface area contributed by atoms with Crippen LogP contribution in [0.15, 0.2) is 53.7 Å². The quantitative estimate of drug-likeness (QED) is 0.250. The number of halogens is 1. The molecule has 3 aromatic rings. The van der Waals surface area contributed by atoms with E-state index in [4.69, 9.17) is 0 Å². The number of rotatable bonds is 7. The fourth-order valence-corrected chi connectivity index (χ4v) is 4.24. The molecular weight excluding hydrogens is 537 g/mol. The minimum Gasteiger partial charge on any atom is -0.352 e. The molecule has 0 spiro atoms. The molecule has 0 bridgehead atoms. The number of benzene rings is 1. The lowest BCUT2D eigenvalue weighted by atomic mass is 10.1. The summed E-state index contributed by atoms with van der Waals surface area (Å²) in [6, 6.07) is 15.0. The maximum Gasteiger partial charge on any atom is 0.191 e. The second-order valence-corrected chi connectivity index (χ2v) is 8.80. The van der Waals surface area contributed by atoms with E-state index in [0.717, 1.165) is 41.8 Å². The number of guanidine groups is 1. The lowest BCUT2D eigenvalue weighted by Gasteiger charge is -2.26. The number of aliphatic imine (C=N–C) groups is 1. The molecule has 1 aliphatic heterocycles. The Labute approximate surface area is 220 Å². The maximum absolute atomic E-state index is 4.57. The van der Waals surface area contributed by atoms with Gasteiger partial charge in [0.15, 0.2) is 11.8 Å². The largest absolute Gasteiger partial charge is 0.352 e. The van der Waals surface area contributed by atoms with E-state index < -0.39 is 0 Å².